The van der Waals surface area contributed by atoms with Crippen LogP contribution in [0.25, 0.3) is 10.4 Å². The van der Waals surface area contributed by atoms with Gasteiger partial charge in [0.15, 0.2) is 0 Å². The summed E-state index contributed by atoms with van der Waals surface area (Å²) >= 11 is 0. The van der Waals surface area contributed by atoms with E-state index >= 15 is 0 Å². The fraction of sp³-hybridized carbons (Fsp3) is 0.333. The largest absolute Gasteiger partial charge is 0.392 e. The molecule has 0 radical (unpaired) electrons. The highest BCUT2D eigenvalue weighted by Crippen LogP contribution is 2.34. The lowest BCUT2D eigenvalue weighted by molar-refractivity contribution is 0.158. The van der Waals surface area contributed by atoms with Gasteiger partial charge in [-0.2, -0.15) is 0 Å². The van der Waals surface area contributed by atoms with Crippen molar-refractivity contribution in [3.05, 3.63) is 45.8 Å². The molecule has 0 saturated carbocycles. The first-order valence-electron chi connectivity index (χ1n) is 4.13. The van der Waals surface area contributed by atoms with Crippen LogP contribution in [-0.4, -0.2) is 11.2 Å². The maximum atomic E-state index is 9.58. The Balaban J connectivity index is 2.46. The average molecular weight is 175 g/mol. The number of benzene rings is 1. The molecule has 0 fully saturated rings. The molecule has 0 amide bonds. The summed E-state index contributed by atoms with van der Waals surface area (Å²) in [6.07, 6.45) is 0.0214. The Morgan fingerprint density at radius 2 is 2.23 bits per heavy atom. The van der Waals surface area contributed by atoms with Gasteiger partial charge in [0.25, 0.3) is 0 Å². The van der Waals surface area contributed by atoms with E-state index < -0.39 is 12.1 Å². The maximum absolute atomic E-state index is 9.58. The van der Waals surface area contributed by atoms with Crippen molar-refractivity contribution in [2.75, 3.05) is 0 Å². The van der Waals surface area contributed by atoms with Crippen LogP contribution in [0.1, 0.15) is 17.2 Å². The third kappa shape index (κ3) is 1.26. The Bertz CT molecular complexity index is 371. The van der Waals surface area contributed by atoms with Gasteiger partial charge >= 0.3 is 0 Å². The van der Waals surface area contributed by atoms with E-state index in [1.54, 1.807) is 0 Å². The van der Waals surface area contributed by atoms with Gasteiger partial charge in [-0.25, -0.2) is 0 Å². The summed E-state index contributed by atoms with van der Waals surface area (Å²) in [7, 11) is 0. The molecule has 66 valence electrons. The van der Waals surface area contributed by atoms with Crippen molar-refractivity contribution < 1.29 is 5.11 Å². The maximum Gasteiger partial charge on any atom is 0.0890 e. The van der Waals surface area contributed by atoms with Gasteiger partial charge in [0.2, 0.25) is 0 Å². The molecule has 4 heteroatoms. The van der Waals surface area contributed by atoms with Gasteiger partial charge in [0.05, 0.1) is 12.1 Å². The number of aliphatic hydroxyl groups is 1. The number of hydrogen-bond acceptors (Lipinski definition) is 2. The van der Waals surface area contributed by atoms with Crippen LogP contribution in [-0.2, 0) is 6.42 Å². The van der Waals surface area contributed by atoms with Crippen LogP contribution in [0.3, 0.4) is 0 Å². The highest BCUT2D eigenvalue weighted by atomic mass is 16.3. The standard InChI is InChI=1S/C9H9N3O/c10-12-11-9-7-4-2-1-3-6(7)5-8(9)13/h1-4,8-9,13H,5H2/t8-,9?/m0/s1. The normalized spacial score (nSPS) is 25.0. The predicted octanol–water partition coefficient (Wildman–Crippen LogP) is 1.95. The minimum atomic E-state index is -0.562. The van der Waals surface area contributed by atoms with E-state index in [0.29, 0.717) is 6.42 Å². The highest BCUT2D eigenvalue weighted by Gasteiger charge is 2.29. The van der Waals surface area contributed by atoms with Gasteiger partial charge in [-0.15, -0.1) is 0 Å². The molecule has 0 spiro atoms. The van der Waals surface area contributed by atoms with E-state index in [9.17, 15) is 5.11 Å². The van der Waals surface area contributed by atoms with Gasteiger partial charge < -0.3 is 5.11 Å². The first-order valence-corrected chi connectivity index (χ1v) is 4.13. The van der Waals surface area contributed by atoms with Gasteiger partial charge in [-0.1, -0.05) is 29.4 Å². The first kappa shape index (κ1) is 8.10. The SMILES string of the molecule is [N-]=[N+]=NC1c2ccccc2C[C@@H]1O. The molecule has 4 nitrogen and oxygen atoms in total. The minimum Gasteiger partial charge on any atom is -0.392 e. The van der Waals surface area contributed by atoms with Crippen LogP contribution in [0.4, 0.5) is 0 Å². The lowest BCUT2D eigenvalue weighted by atomic mass is 10.1. The summed E-state index contributed by atoms with van der Waals surface area (Å²) in [4.78, 5) is 2.73. The number of rotatable bonds is 1. The Kier molecular flexibility index (Phi) is 1.93. The second-order valence-electron chi connectivity index (χ2n) is 3.12. The topological polar surface area (TPSA) is 69.0 Å². The van der Waals surface area contributed by atoms with Crippen molar-refractivity contribution in [3.8, 4) is 0 Å². The third-order valence-corrected chi connectivity index (χ3v) is 2.34. The number of azide groups is 1. The molecular formula is C9H9N3O. The quantitative estimate of drug-likeness (QED) is 0.395. The van der Waals surface area contributed by atoms with Crippen molar-refractivity contribution in [1.82, 2.24) is 0 Å². The van der Waals surface area contributed by atoms with E-state index in [0.717, 1.165) is 11.1 Å². The fourth-order valence-electron chi connectivity index (χ4n) is 1.75. The van der Waals surface area contributed by atoms with Crippen LogP contribution in [0.5, 0.6) is 0 Å². The lowest BCUT2D eigenvalue weighted by Gasteiger charge is -2.07. The Hall–Kier alpha value is -1.51. The molecule has 2 atom stereocenters. The summed E-state index contributed by atoms with van der Waals surface area (Å²) in [6.45, 7) is 0. The van der Waals surface area contributed by atoms with E-state index in [1.807, 2.05) is 24.3 Å². The minimum absolute atomic E-state index is 0.402. The Labute approximate surface area is 75.4 Å². The zero-order chi connectivity index (χ0) is 9.26. The fourth-order valence-corrected chi connectivity index (χ4v) is 1.75. The van der Waals surface area contributed by atoms with Gasteiger partial charge in [-0.05, 0) is 23.1 Å². The second-order valence-corrected chi connectivity index (χ2v) is 3.12. The average Bonchev–Trinajstić information content (AvgIpc) is 2.44. The lowest BCUT2D eigenvalue weighted by Crippen LogP contribution is -2.10. The molecule has 13 heavy (non-hydrogen) atoms. The van der Waals surface area contributed by atoms with Crippen molar-refractivity contribution >= 4 is 0 Å². The second kappa shape index (κ2) is 3.09. The molecule has 0 saturated heterocycles. The van der Waals surface area contributed by atoms with Crippen molar-refractivity contribution in [2.45, 2.75) is 18.6 Å². The smallest absolute Gasteiger partial charge is 0.0890 e. The number of fused-ring (bicyclic) bond motifs is 1. The zero-order valence-corrected chi connectivity index (χ0v) is 6.96. The van der Waals surface area contributed by atoms with Crippen molar-refractivity contribution in [3.63, 3.8) is 0 Å². The molecule has 0 bridgehead atoms. The van der Waals surface area contributed by atoms with Crippen LogP contribution in [0, 0.1) is 0 Å². The summed E-state index contributed by atoms with van der Waals surface area (Å²) in [5.74, 6) is 0. The molecule has 1 N–H and O–H groups in total. The molecule has 1 unspecified atom stereocenters. The van der Waals surface area contributed by atoms with E-state index in [2.05, 4.69) is 10.0 Å². The Morgan fingerprint density at radius 3 is 3.00 bits per heavy atom. The van der Waals surface area contributed by atoms with Gasteiger partial charge in [0, 0.05) is 4.91 Å². The third-order valence-electron chi connectivity index (χ3n) is 2.34. The van der Waals surface area contributed by atoms with E-state index in [4.69, 9.17) is 5.53 Å². The Morgan fingerprint density at radius 1 is 1.46 bits per heavy atom. The number of aliphatic hydroxyl groups excluding tert-OH is 1. The van der Waals surface area contributed by atoms with Crippen molar-refractivity contribution in [2.24, 2.45) is 5.11 Å². The van der Waals surface area contributed by atoms with Crippen LogP contribution >= 0.6 is 0 Å². The number of hydrogen-bond donors (Lipinski definition) is 1. The highest BCUT2D eigenvalue weighted by molar-refractivity contribution is 5.36. The van der Waals surface area contributed by atoms with E-state index in [1.165, 1.54) is 0 Å². The molecule has 1 aliphatic carbocycles. The first-order chi connectivity index (χ1) is 6.33. The molecule has 1 aromatic rings. The molecular weight excluding hydrogens is 166 g/mol. The van der Waals surface area contributed by atoms with Crippen LogP contribution < -0.4 is 0 Å². The summed E-state index contributed by atoms with van der Waals surface area (Å²) < 4.78 is 0. The number of nitrogens with zero attached hydrogens (tertiary/aromatic N) is 3. The zero-order valence-electron chi connectivity index (χ0n) is 6.96. The monoisotopic (exact) mass is 175 g/mol. The summed E-state index contributed by atoms with van der Waals surface area (Å²) in [6, 6.07) is 7.25. The summed E-state index contributed by atoms with van der Waals surface area (Å²) in [5, 5.41) is 13.2. The molecule has 0 aromatic heterocycles. The van der Waals surface area contributed by atoms with Gasteiger partial charge in [0.1, 0.15) is 0 Å². The molecule has 1 aliphatic rings. The predicted molar refractivity (Wildman–Crippen MR) is 48.0 cm³/mol. The van der Waals surface area contributed by atoms with Crippen LogP contribution in [0.15, 0.2) is 29.4 Å². The molecule has 0 heterocycles. The molecule has 0 aliphatic heterocycles. The van der Waals surface area contributed by atoms with Gasteiger partial charge in [-0.3, -0.25) is 0 Å². The molecule has 1 aromatic carbocycles. The molecule has 2 rings (SSSR count). The summed E-state index contributed by atoms with van der Waals surface area (Å²) in [5.41, 5.74) is 10.3. The van der Waals surface area contributed by atoms with Crippen LogP contribution in [0.2, 0.25) is 0 Å². The van der Waals surface area contributed by atoms with E-state index in [-0.39, 0.29) is 0 Å². The van der Waals surface area contributed by atoms with Crippen molar-refractivity contribution in [1.29, 1.82) is 0 Å².